The van der Waals surface area contributed by atoms with E-state index in [1.165, 1.54) is 49.1 Å². The Bertz CT molecular complexity index is 2030. The highest BCUT2D eigenvalue weighted by Crippen LogP contribution is 2.51. The van der Waals surface area contributed by atoms with Crippen LogP contribution in [0.3, 0.4) is 0 Å². The van der Waals surface area contributed by atoms with Crippen molar-refractivity contribution in [3.05, 3.63) is 129 Å². The molecule has 6 nitrogen and oxygen atoms in total. The monoisotopic (exact) mass is 966 g/mol. The van der Waals surface area contributed by atoms with Gasteiger partial charge in [-0.1, -0.05) is 75.2 Å². The van der Waals surface area contributed by atoms with Gasteiger partial charge in [-0.25, -0.2) is 0 Å². The molecule has 0 radical (unpaired) electrons. The van der Waals surface area contributed by atoms with E-state index < -0.39 is 29.6 Å². The molecule has 5 aliphatic rings. The second-order valence-electron chi connectivity index (χ2n) is 18.0. The number of nitrogens with one attached hydrogen (secondary N) is 1. The third-order valence-electron chi connectivity index (χ3n) is 13.7. The van der Waals surface area contributed by atoms with Crippen molar-refractivity contribution in [3.8, 4) is 11.5 Å². The van der Waals surface area contributed by atoms with Crippen molar-refractivity contribution >= 4 is 23.2 Å². The van der Waals surface area contributed by atoms with Crippen LogP contribution in [0.5, 0.6) is 11.5 Å². The van der Waals surface area contributed by atoms with Gasteiger partial charge in [-0.3, -0.25) is 0 Å². The molecule has 3 saturated heterocycles. The lowest BCUT2D eigenvalue weighted by atomic mass is 9.61. The van der Waals surface area contributed by atoms with Gasteiger partial charge in [-0.2, -0.15) is 26.3 Å². The van der Waals surface area contributed by atoms with Gasteiger partial charge in [0.25, 0.3) is 0 Å². The van der Waals surface area contributed by atoms with Crippen LogP contribution in [-0.4, -0.2) is 74.8 Å². The Labute approximate surface area is 397 Å². The summed E-state index contributed by atoms with van der Waals surface area (Å²) in [4.78, 5) is 2.30. The number of alkyl halides is 6. The van der Waals surface area contributed by atoms with Gasteiger partial charge < -0.3 is 29.5 Å². The summed E-state index contributed by atoms with van der Waals surface area (Å²) in [7, 11) is 0. The predicted octanol–water partition coefficient (Wildman–Crippen LogP) is 13.4. The van der Waals surface area contributed by atoms with E-state index >= 15 is 0 Å². The molecule has 4 aromatic carbocycles. The van der Waals surface area contributed by atoms with Gasteiger partial charge >= 0.3 is 12.4 Å². The molecular weight excluding hydrogens is 901 g/mol. The summed E-state index contributed by atoms with van der Waals surface area (Å²) in [6.45, 7) is 6.27. The number of hydrogen-bond donors (Lipinski definition) is 2. The van der Waals surface area contributed by atoms with Crippen molar-refractivity contribution < 1.29 is 45.7 Å². The Hall–Kier alpha value is -3.52. The SMILES string of the molecule is C.C.Clc1ccc(C2([C@@H]3CO3)CCC2)cc1.FC(F)(F)c1ccc(OC[C@@H]2CCCNC2)cc1.O[C@@H](CN1CCC[C@@H](COc2ccc(C(F)(F)F)cc2)C1)C1(c2ccc(Cl)cc2)CCC1. The van der Waals surface area contributed by atoms with Gasteiger partial charge in [0.15, 0.2) is 0 Å². The van der Waals surface area contributed by atoms with Crippen molar-refractivity contribution in [2.24, 2.45) is 11.8 Å². The molecule has 0 amide bonds. The Morgan fingerprint density at radius 2 is 1.15 bits per heavy atom. The summed E-state index contributed by atoms with van der Waals surface area (Å²) in [5, 5.41) is 16.0. The molecule has 0 spiro atoms. The first-order chi connectivity index (χ1) is 30.6. The molecule has 0 bridgehead atoms. The molecular formula is C52H66Cl2F6N2O4. The number of nitrogens with zero attached hydrogens (tertiary/aromatic N) is 1. The van der Waals surface area contributed by atoms with E-state index in [-0.39, 0.29) is 26.2 Å². The maximum Gasteiger partial charge on any atom is 0.416 e. The van der Waals surface area contributed by atoms with Gasteiger partial charge in [0, 0.05) is 52.3 Å². The van der Waals surface area contributed by atoms with Gasteiger partial charge in [0.2, 0.25) is 0 Å². The zero-order valence-electron chi connectivity index (χ0n) is 35.9. The fourth-order valence-corrected chi connectivity index (χ4v) is 9.76. The molecule has 3 aliphatic heterocycles. The van der Waals surface area contributed by atoms with Crippen LogP contribution in [0.1, 0.15) is 101 Å². The number of piperidine rings is 2. The molecule has 5 fully saturated rings. The Morgan fingerprint density at radius 3 is 1.58 bits per heavy atom. The third kappa shape index (κ3) is 14.0. The largest absolute Gasteiger partial charge is 0.493 e. The zero-order chi connectivity index (χ0) is 45.4. The van der Waals surface area contributed by atoms with E-state index in [1.807, 2.05) is 36.4 Å². The molecule has 364 valence electrons. The van der Waals surface area contributed by atoms with Gasteiger partial charge in [0.05, 0.1) is 43.2 Å². The third-order valence-corrected chi connectivity index (χ3v) is 14.2. The molecule has 2 N–H and O–H groups in total. The van der Waals surface area contributed by atoms with Crippen LogP contribution in [0.15, 0.2) is 97.1 Å². The minimum absolute atomic E-state index is 0. The first-order valence-electron chi connectivity index (χ1n) is 22.5. The summed E-state index contributed by atoms with van der Waals surface area (Å²) >= 11 is 11.9. The van der Waals surface area contributed by atoms with Gasteiger partial charge in [-0.15, -0.1) is 0 Å². The Balaban J connectivity index is 0.000000202. The van der Waals surface area contributed by atoms with Crippen molar-refractivity contribution in [1.29, 1.82) is 0 Å². The second kappa shape index (κ2) is 23.7. The Morgan fingerprint density at radius 1 is 0.667 bits per heavy atom. The molecule has 4 atom stereocenters. The van der Waals surface area contributed by atoms with E-state index in [0.717, 1.165) is 113 Å². The number of ether oxygens (including phenoxy) is 3. The van der Waals surface area contributed by atoms with Crippen LogP contribution in [-0.2, 0) is 27.9 Å². The number of benzene rings is 4. The number of hydrogen-bond acceptors (Lipinski definition) is 6. The molecule has 0 unspecified atom stereocenters. The molecule has 3 heterocycles. The average Bonchev–Trinajstić information content (AvgIpc) is 4.09. The highest BCUT2D eigenvalue weighted by Gasteiger charge is 2.52. The number of halogens is 8. The minimum Gasteiger partial charge on any atom is -0.493 e. The number of epoxide rings is 1. The molecule has 4 aromatic rings. The molecule has 14 heteroatoms. The van der Waals surface area contributed by atoms with Crippen molar-refractivity contribution in [1.82, 2.24) is 10.2 Å². The number of β-amino-alcohol motifs (C(OH)–C–C–N with tert-alkyl or cyclic N) is 1. The van der Waals surface area contributed by atoms with Crippen LogP contribution >= 0.6 is 23.2 Å². The lowest BCUT2D eigenvalue weighted by Gasteiger charge is -2.48. The standard InChI is InChI=1S/C25H29ClF3NO2.C13H16F3NO.C12H13ClO.2CH4/c26-21-8-4-19(5-9-21)24(12-2-13-24)23(31)16-30-14-1-3-18(15-30)17-32-22-10-6-20(7-11-22)25(27,28)29;14-13(15,16)11-3-5-12(6-4-11)18-9-10-2-1-7-17-8-10;13-10-4-2-9(3-5-10)12(6-1-7-12)11-8-14-11;;/h4-11,18,23,31H,1-3,12-17H2;3-6,10,17H,1-2,7-9H2;2-5,11H,1,6-8H2;2*1H4/t18-,23+;10-;11-;;/m110../s1. The molecule has 2 saturated carbocycles. The number of aliphatic hydroxyl groups is 1. The molecule has 0 aromatic heterocycles. The van der Waals surface area contributed by atoms with Crippen molar-refractivity contribution in [2.75, 3.05) is 52.5 Å². The minimum atomic E-state index is -4.34. The van der Waals surface area contributed by atoms with Crippen LogP contribution in [0, 0.1) is 11.8 Å². The Kier molecular flexibility index (Phi) is 19.2. The van der Waals surface area contributed by atoms with Gasteiger partial charge in [0.1, 0.15) is 11.5 Å². The van der Waals surface area contributed by atoms with Gasteiger partial charge in [-0.05, 0) is 148 Å². The quantitative estimate of drug-likeness (QED) is 0.109. The first kappa shape index (κ1) is 53.4. The maximum atomic E-state index is 12.7. The van der Waals surface area contributed by atoms with E-state index in [9.17, 15) is 31.4 Å². The number of likely N-dealkylation sites (tertiary alicyclic amines) is 1. The van der Waals surface area contributed by atoms with Crippen molar-refractivity contribution in [3.63, 3.8) is 0 Å². The van der Waals surface area contributed by atoms with E-state index in [0.29, 0.717) is 53.7 Å². The highest BCUT2D eigenvalue weighted by molar-refractivity contribution is 6.30. The molecule has 2 aliphatic carbocycles. The predicted molar refractivity (Wildman–Crippen MR) is 252 cm³/mol. The summed E-state index contributed by atoms with van der Waals surface area (Å²) in [6.07, 6.45) is 2.62. The lowest BCUT2D eigenvalue weighted by Crippen LogP contribution is -2.52. The van der Waals surface area contributed by atoms with Crippen LogP contribution in [0.25, 0.3) is 0 Å². The van der Waals surface area contributed by atoms with E-state index in [1.54, 1.807) is 0 Å². The average molecular weight is 968 g/mol. The lowest BCUT2D eigenvalue weighted by molar-refractivity contribution is -0.138. The fourth-order valence-electron chi connectivity index (χ4n) is 9.50. The highest BCUT2D eigenvalue weighted by atomic mass is 35.5. The first-order valence-corrected chi connectivity index (χ1v) is 23.2. The van der Waals surface area contributed by atoms with Crippen molar-refractivity contribution in [2.45, 2.75) is 114 Å². The van der Waals surface area contributed by atoms with E-state index in [4.69, 9.17) is 37.4 Å². The van der Waals surface area contributed by atoms with Crippen LogP contribution in [0.4, 0.5) is 26.3 Å². The molecule has 66 heavy (non-hydrogen) atoms. The number of aliphatic hydroxyl groups excluding tert-OH is 1. The number of rotatable bonds is 12. The summed E-state index contributed by atoms with van der Waals surface area (Å²) in [5.41, 5.74) is 1.39. The van der Waals surface area contributed by atoms with Crippen LogP contribution < -0.4 is 14.8 Å². The smallest absolute Gasteiger partial charge is 0.416 e. The van der Waals surface area contributed by atoms with Crippen LogP contribution in [0.2, 0.25) is 10.0 Å². The normalized spacial score (nSPS) is 22.4. The zero-order valence-corrected chi connectivity index (χ0v) is 37.4. The topological polar surface area (TPSA) is 66.5 Å². The summed E-state index contributed by atoms with van der Waals surface area (Å²) < 4.78 is 91.9. The fraction of sp³-hybridized carbons (Fsp3) is 0.538. The second-order valence-corrected chi connectivity index (χ2v) is 18.9. The van der Waals surface area contributed by atoms with E-state index in [2.05, 4.69) is 22.3 Å². The molecule has 9 rings (SSSR count). The summed E-state index contributed by atoms with van der Waals surface area (Å²) in [5.74, 6) is 1.67. The summed E-state index contributed by atoms with van der Waals surface area (Å²) in [6, 6.07) is 25.8. The maximum absolute atomic E-state index is 12.7.